The van der Waals surface area contributed by atoms with Crippen LogP contribution < -0.4 is 0 Å². The first-order valence-electron chi connectivity index (χ1n) is 30.2. The summed E-state index contributed by atoms with van der Waals surface area (Å²) in [6, 6.07) is 0. The summed E-state index contributed by atoms with van der Waals surface area (Å²) in [6.45, 7) is 4.52. The van der Waals surface area contributed by atoms with Gasteiger partial charge >= 0.3 is 25.7 Å². The molecule has 0 aromatic rings. The van der Waals surface area contributed by atoms with E-state index in [1.165, 1.54) is 128 Å². The Morgan fingerprint density at radius 3 is 1.08 bits per heavy atom. The molecular formula is C62H111O11P. The Bertz CT molecular complexity index is 1470. The molecule has 0 radical (unpaired) electrons. The highest BCUT2D eigenvalue weighted by Gasteiger charge is 2.28. The van der Waals surface area contributed by atoms with Gasteiger partial charge in [0, 0.05) is 19.3 Å². The fourth-order valence-corrected chi connectivity index (χ4v) is 9.17. The van der Waals surface area contributed by atoms with Crippen LogP contribution in [0.25, 0.3) is 0 Å². The molecular weight excluding hydrogens is 952 g/mol. The van der Waals surface area contributed by atoms with Crippen LogP contribution in [-0.2, 0) is 42.2 Å². The average Bonchev–Trinajstić information content (AvgIpc) is 3.39. The highest BCUT2D eigenvalue weighted by molar-refractivity contribution is 7.47. The van der Waals surface area contributed by atoms with Crippen LogP contribution in [0, 0.1) is 0 Å². The number of esters is 3. The van der Waals surface area contributed by atoms with Crippen molar-refractivity contribution < 1.29 is 52.2 Å². The molecule has 3 atom stereocenters. The Labute approximate surface area is 453 Å². The lowest BCUT2D eigenvalue weighted by Crippen LogP contribution is -2.30. The van der Waals surface area contributed by atoms with Gasteiger partial charge in [-0.3, -0.25) is 23.4 Å². The Kier molecular flexibility index (Phi) is 54.2. The number of unbranched alkanes of at least 4 members (excludes halogenated alkanes) is 29. The summed E-state index contributed by atoms with van der Waals surface area (Å²) in [5.41, 5.74) is 0. The normalized spacial score (nSPS) is 13.7. The molecule has 2 N–H and O–H groups in total. The molecule has 3 unspecified atom stereocenters. The van der Waals surface area contributed by atoms with Crippen LogP contribution in [0.5, 0.6) is 0 Å². The summed E-state index contributed by atoms with van der Waals surface area (Å²) >= 11 is 0. The van der Waals surface area contributed by atoms with E-state index in [0.29, 0.717) is 19.3 Å². The summed E-state index contributed by atoms with van der Waals surface area (Å²) in [6.07, 6.45) is 61.8. The van der Waals surface area contributed by atoms with Gasteiger partial charge in [0.15, 0.2) is 6.10 Å². The number of hydrogen-bond donors (Lipinski definition) is 2. The van der Waals surface area contributed by atoms with Crippen molar-refractivity contribution in [2.24, 2.45) is 0 Å². The monoisotopic (exact) mass is 1060 g/mol. The van der Waals surface area contributed by atoms with Crippen LogP contribution in [0.2, 0.25) is 0 Å². The Hall–Kier alpha value is -2.82. The van der Waals surface area contributed by atoms with Crippen molar-refractivity contribution in [3.05, 3.63) is 60.8 Å². The lowest BCUT2D eigenvalue weighted by Gasteiger charge is -2.21. The number of aliphatic hydroxyl groups is 1. The molecule has 0 aromatic heterocycles. The molecule has 0 amide bonds. The molecule has 430 valence electrons. The van der Waals surface area contributed by atoms with Crippen LogP contribution >= 0.6 is 7.82 Å². The van der Waals surface area contributed by atoms with Gasteiger partial charge in [0.25, 0.3) is 0 Å². The number of aliphatic hydroxyl groups excluding tert-OH is 1. The molecule has 12 heteroatoms. The first kappa shape index (κ1) is 71.2. The van der Waals surface area contributed by atoms with Gasteiger partial charge in [0.05, 0.1) is 19.8 Å². The van der Waals surface area contributed by atoms with Gasteiger partial charge in [-0.2, -0.15) is 0 Å². The van der Waals surface area contributed by atoms with Gasteiger partial charge in [-0.15, -0.1) is 0 Å². The standard InChI is InChI=1S/C62H111O11P/c1-4-7-10-13-16-19-22-24-26-28-29-31-32-34-37-39-42-45-48-51-60(64)69-55-59(73-62(66)53-50-47-44-41-38-35-33-30-27-25-23-20-17-14-11-8-5-2)57-71-74(67,68)70-56-58(54-63)72-61(65)52-49-46-43-40-36-21-18-15-12-9-6-3/h7,10,16,19,24,26,29,31,34,37,58-59,63H,4-6,8-9,11-15,17-18,20-23,25,27-28,30,32-33,35-36,38-57H2,1-3H3,(H,67,68)/b10-7-,19-16-,26-24-,31-29-,37-34-. The summed E-state index contributed by atoms with van der Waals surface area (Å²) in [5, 5.41) is 9.80. The van der Waals surface area contributed by atoms with E-state index < -0.39 is 57.8 Å². The SMILES string of the molecule is CC/C=C\C/C=C\C/C=C\C/C=C\C/C=C\CCCCCC(=O)OCC(COP(=O)(O)OCC(CO)OC(=O)CCCCCCCCCCCCC)OC(=O)CCCCCCCCCCCCCCCCCCC. The summed E-state index contributed by atoms with van der Waals surface area (Å²) in [4.78, 5) is 48.6. The maximum Gasteiger partial charge on any atom is 0.472 e. The van der Waals surface area contributed by atoms with E-state index >= 15 is 0 Å². The molecule has 0 rings (SSSR count). The minimum Gasteiger partial charge on any atom is -0.462 e. The highest BCUT2D eigenvalue weighted by atomic mass is 31.2. The topological polar surface area (TPSA) is 155 Å². The second-order valence-corrected chi connectivity index (χ2v) is 21.6. The van der Waals surface area contributed by atoms with Crippen molar-refractivity contribution in [3.8, 4) is 0 Å². The lowest BCUT2D eigenvalue weighted by atomic mass is 10.0. The molecule has 0 saturated heterocycles. The quantitative estimate of drug-likeness (QED) is 0.0197. The third kappa shape index (κ3) is 54.0. The summed E-state index contributed by atoms with van der Waals surface area (Å²) in [5.74, 6) is -1.49. The second-order valence-electron chi connectivity index (χ2n) is 20.1. The summed E-state index contributed by atoms with van der Waals surface area (Å²) < 4.78 is 39.5. The minimum atomic E-state index is -4.75. The van der Waals surface area contributed by atoms with Gasteiger partial charge in [-0.25, -0.2) is 4.57 Å². The van der Waals surface area contributed by atoms with Crippen molar-refractivity contribution >= 4 is 25.7 Å². The van der Waals surface area contributed by atoms with Crippen molar-refractivity contribution in [1.29, 1.82) is 0 Å². The molecule has 0 aromatic carbocycles. The molecule has 0 heterocycles. The van der Waals surface area contributed by atoms with Gasteiger partial charge in [-0.05, 0) is 64.2 Å². The fourth-order valence-electron chi connectivity index (χ4n) is 8.38. The molecule has 0 bridgehead atoms. The van der Waals surface area contributed by atoms with E-state index in [2.05, 4.69) is 81.5 Å². The van der Waals surface area contributed by atoms with Gasteiger partial charge in [-0.1, -0.05) is 255 Å². The van der Waals surface area contributed by atoms with Crippen molar-refractivity contribution in [1.82, 2.24) is 0 Å². The molecule has 0 fully saturated rings. The first-order chi connectivity index (χ1) is 36.2. The predicted molar refractivity (Wildman–Crippen MR) is 307 cm³/mol. The molecule has 0 spiro atoms. The molecule has 0 aliphatic carbocycles. The third-order valence-electron chi connectivity index (χ3n) is 13.0. The fraction of sp³-hybridized carbons (Fsp3) is 0.790. The average molecular weight is 1060 g/mol. The Balaban J connectivity index is 4.75. The number of phosphoric ester groups is 1. The van der Waals surface area contributed by atoms with Crippen LogP contribution in [0.1, 0.15) is 278 Å². The minimum absolute atomic E-state index is 0.164. The van der Waals surface area contributed by atoms with E-state index in [9.17, 15) is 28.9 Å². The number of phosphoric acid groups is 1. The van der Waals surface area contributed by atoms with E-state index in [0.717, 1.165) is 89.9 Å². The number of carbonyl (C=O) groups excluding carboxylic acids is 3. The zero-order valence-electron chi connectivity index (χ0n) is 47.6. The molecule has 0 saturated carbocycles. The third-order valence-corrected chi connectivity index (χ3v) is 13.9. The van der Waals surface area contributed by atoms with Gasteiger partial charge in [0.2, 0.25) is 0 Å². The maximum atomic E-state index is 12.9. The lowest BCUT2D eigenvalue weighted by molar-refractivity contribution is -0.161. The second kappa shape index (κ2) is 56.4. The molecule has 0 aliphatic rings. The molecule has 11 nitrogen and oxygen atoms in total. The number of rotatable bonds is 56. The van der Waals surface area contributed by atoms with Crippen LogP contribution in [0.3, 0.4) is 0 Å². The molecule has 0 aliphatic heterocycles. The van der Waals surface area contributed by atoms with E-state index in [4.69, 9.17) is 23.3 Å². The van der Waals surface area contributed by atoms with Gasteiger partial charge < -0.3 is 24.2 Å². The first-order valence-corrected chi connectivity index (χ1v) is 31.7. The van der Waals surface area contributed by atoms with Crippen LogP contribution in [0.15, 0.2) is 60.8 Å². The number of allylic oxidation sites excluding steroid dienone is 10. The van der Waals surface area contributed by atoms with Crippen molar-refractivity contribution in [3.63, 3.8) is 0 Å². The smallest absolute Gasteiger partial charge is 0.462 e. The van der Waals surface area contributed by atoms with Gasteiger partial charge in [0.1, 0.15) is 12.7 Å². The van der Waals surface area contributed by atoms with Crippen LogP contribution in [0.4, 0.5) is 0 Å². The predicted octanol–water partition coefficient (Wildman–Crippen LogP) is 17.9. The van der Waals surface area contributed by atoms with E-state index in [1.807, 2.05) is 0 Å². The van der Waals surface area contributed by atoms with Crippen LogP contribution in [-0.4, -0.2) is 66.5 Å². The maximum absolute atomic E-state index is 12.9. The summed E-state index contributed by atoms with van der Waals surface area (Å²) in [7, 11) is -4.75. The zero-order valence-corrected chi connectivity index (χ0v) is 48.5. The van der Waals surface area contributed by atoms with E-state index in [1.54, 1.807) is 0 Å². The Morgan fingerprint density at radius 1 is 0.392 bits per heavy atom. The highest BCUT2D eigenvalue weighted by Crippen LogP contribution is 2.43. The van der Waals surface area contributed by atoms with Crippen molar-refractivity contribution in [2.45, 2.75) is 290 Å². The molecule has 74 heavy (non-hydrogen) atoms. The number of ether oxygens (including phenoxy) is 3. The Morgan fingerprint density at radius 2 is 0.703 bits per heavy atom. The van der Waals surface area contributed by atoms with Crippen molar-refractivity contribution in [2.75, 3.05) is 26.4 Å². The largest absolute Gasteiger partial charge is 0.472 e. The number of hydrogen-bond acceptors (Lipinski definition) is 10. The number of carbonyl (C=O) groups is 3. The zero-order chi connectivity index (χ0) is 54.1. The van der Waals surface area contributed by atoms with E-state index in [-0.39, 0.29) is 25.9 Å².